The predicted octanol–water partition coefficient (Wildman–Crippen LogP) is 5.48. The van der Waals surface area contributed by atoms with Gasteiger partial charge in [-0.3, -0.25) is 4.79 Å². The second-order valence-electron chi connectivity index (χ2n) is 8.30. The third-order valence-electron chi connectivity index (χ3n) is 5.80. The van der Waals surface area contributed by atoms with E-state index >= 15 is 0 Å². The SMILES string of the molecule is COc1cc(C(C)NC(=O)Cc2csc(Cc3ccccc3)n2)ccc1OC1CCCC1. The van der Waals surface area contributed by atoms with Gasteiger partial charge in [0, 0.05) is 11.8 Å². The Balaban J connectivity index is 1.33. The molecule has 1 unspecified atom stereocenters. The fourth-order valence-corrected chi connectivity index (χ4v) is 4.89. The highest BCUT2D eigenvalue weighted by Gasteiger charge is 2.20. The van der Waals surface area contributed by atoms with Crippen LogP contribution in [0.5, 0.6) is 11.5 Å². The number of rotatable bonds is 9. The molecule has 32 heavy (non-hydrogen) atoms. The molecule has 0 spiro atoms. The van der Waals surface area contributed by atoms with E-state index in [0.29, 0.717) is 5.75 Å². The number of ether oxygens (including phenoxy) is 2. The van der Waals surface area contributed by atoms with Gasteiger partial charge in [-0.15, -0.1) is 11.3 Å². The van der Waals surface area contributed by atoms with Crippen LogP contribution in [0.1, 0.15) is 60.5 Å². The van der Waals surface area contributed by atoms with Crippen molar-refractivity contribution >= 4 is 17.2 Å². The topological polar surface area (TPSA) is 60.5 Å². The van der Waals surface area contributed by atoms with Crippen LogP contribution in [0.4, 0.5) is 0 Å². The van der Waals surface area contributed by atoms with E-state index in [1.165, 1.54) is 18.4 Å². The molecule has 0 radical (unpaired) electrons. The third kappa shape index (κ3) is 5.88. The molecule has 1 heterocycles. The van der Waals surface area contributed by atoms with E-state index < -0.39 is 0 Å². The molecule has 1 fully saturated rings. The van der Waals surface area contributed by atoms with Gasteiger partial charge in [0.25, 0.3) is 0 Å². The Morgan fingerprint density at radius 1 is 1.16 bits per heavy atom. The summed E-state index contributed by atoms with van der Waals surface area (Å²) in [5.41, 5.74) is 3.02. The zero-order valence-electron chi connectivity index (χ0n) is 18.7. The number of aromatic nitrogens is 1. The average Bonchev–Trinajstić information content (AvgIpc) is 3.46. The quantitative estimate of drug-likeness (QED) is 0.469. The summed E-state index contributed by atoms with van der Waals surface area (Å²) in [6.45, 7) is 1.98. The number of carbonyl (C=O) groups excluding carboxylic acids is 1. The first-order valence-corrected chi connectivity index (χ1v) is 12.1. The largest absolute Gasteiger partial charge is 0.493 e. The van der Waals surface area contributed by atoms with Gasteiger partial charge >= 0.3 is 0 Å². The number of hydrogen-bond acceptors (Lipinski definition) is 5. The van der Waals surface area contributed by atoms with Crippen molar-refractivity contribution in [1.29, 1.82) is 0 Å². The van der Waals surface area contributed by atoms with Gasteiger partial charge in [0.1, 0.15) is 0 Å². The van der Waals surface area contributed by atoms with Gasteiger partial charge in [-0.2, -0.15) is 0 Å². The first-order valence-electron chi connectivity index (χ1n) is 11.2. The molecule has 1 atom stereocenters. The normalized spacial score (nSPS) is 14.8. The van der Waals surface area contributed by atoms with Crippen LogP contribution in [0.15, 0.2) is 53.9 Å². The first kappa shape index (κ1) is 22.3. The van der Waals surface area contributed by atoms with Gasteiger partial charge in [0.05, 0.1) is 36.4 Å². The highest BCUT2D eigenvalue weighted by molar-refractivity contribution is 7.09. The number of thiazole rings is 1. The zero-order valence-corrected chi connectivity index (χ0v) is 19.5. The second kappa shape index (κ2) is 10.6. The van der Waals surface area contributed by atoms with Crippen molar-refractivity contribution in [3.05, 3.63) is 75.7 Å². The minimum Gasteiger partial charge on any atom is -0.493 e. The number of benzene rings is 2. The molecule has 0 aliphatic heterocycles. The number of hydrogen-bond donors (Lipinski definition) is 1. The molecule has 0 bridgehead atoms. The Morgan fingerprint density at radius 2 is 1.94 bits per heavy atom. The third-order valence-corrected chi connectivity index (χ3v) is 6.70. The molecule has 0 saturated heterocycles. The predicted molar refractivity (Wildman–Crippen MR) is 128 cm³/mol. The minimum absolute atomic E-state index is 0.0423. The standard InChI is InChI=1S/C26H30N2O3S/c1-18(20-12-13-23(24(15-20)30-2)31-22-10-6-7-11-22)27-25(29)16-21-17-32-26(28-21)14-19-8-4-3-5-9-19/h3-5,8-9,12-13,15,17-18,22H,6-7,10-11,14,16H2,1-2H3,(H,27,29). The fraction of sp³-hybridized carbons (Fsp3) is 0.385. The van der Waals surface area contributed by atoms with Crippen LogP contribution in [-0.4, -0.2) is 24.1 Å². The minimum atomic E-state index is -0.139. The monoisotopic (exact) mass is 450 g/mol. The van der Waals surface area contributed by atoms with E-state index in [4.69, 9.17) is 9.47 Å². The number of nitrogens with zero attached hydrogens (tertiary/aromatic N) is 1. The van der Waals surface area contributed by atoms with Crippen LogP contribution in [0.25, 0.3) is 0 Å². The highest BCUT2D eigenvalue weighted by atomic mass is 32.1. The average molecular weight is 451 g/mol. The summed E-state index contributed by atoms with van der Waals surface area (Å²) in [5, 5.41) is 6.07. The molecular weight excluding hydrogens is 420 g/mol. The van der Waals surface area contributed by atoms with Crippen molar-refractivity contribution in [2.24, 2.45) is 0 Å². The number of nitrogens with one attached hydrogen (secondary N) is 1. The van der Waals surface area contributed by atoms with Crippen LogP contribution >= 0.6 is 11.3 Å². The van der Waals surface area contributed by atoms with Crippen LogP contribution in [-0.2, 0) is 17.6 Å². The molecule has 4 rings (SSSR count). The van der Waals surface area contributed by atoms with Gasteiger partial charge in [-0.05, 0) is 55.9 Å². The molecule has 1 aliphatic carbocycles. The fourth-order valence-electron chi connectivity index (χ4n) is 4.06. The van der Waals surface area contributed by atoms with E-state index in [1.54, 1.807) is 18.4 Å². The Labute approximate surface area is 193 Å². The number of carbonyl (C=O) groups is 1. The maximum absolute atomic E-state index is 12.6. The molecule has 168 valence electrons. The van der Waals surface area contributed by atoms with E-state index in [1.807, 2.05) is 48.7 Å². The Morgan fingerprint density at radius 3 is 2.69 bits per heavy atom. The Kier molecular flexibility index (Phi) is 7.43. The molecule has 3 aromatic rings. The summed E-state index contributed by atoms with van der Waals surface area (Å²) in [5.74, 6) is 1.44. The van der Waals surface area contributed by atoms with Crippen molar-refractivity contribution < 1.29 is 14.3 Å². The summed E-state index contributed by atoms with van der Waals surface area (Å²) >= 11 is 1.60. The smallest absolute Gasteiger partial charge is 0.226 e. The van der Waals surface area contributed by atoms with E-state index in [2.05, 4.69) is 22.4 Å². The van der Waals surface area contributed by atoms with Gasteiger partial charge in [0.15, 0.2) is 11.5 Å². The van der Waals surface area contributed by atoms with Crippen LogP contribution in [0, 0.1) is 0 Å². The molecule has 1 amide bonds. The second-order valence-corrected chi connectivity index (χ2v) is 9.24. The van der Waals surface area contributed by atoms with E-state index in [0.717, 1.165) is 41.3 Å². The number of methoxy groups -OCH3 is 1. The highest BCUT2D eigenvalue weighted by Crippen LogP contribution is 2.33. The lowest BCUT2D eigenvalue weighted by Crippen LogP contribution is -2.28. The van der Waals surface area contributed by atoms with Crippen molar-refractivity contribution in [3.63, 3.8) is 0 Å². The summed E-state index contributed by atoms with van der Waals surface area (Å²) in [6, 6.07) is 16.0. The lowest BCUT2D eigenvalue weighted by molar-refractivity contribution is -0.121. The van der Waals surface area contributed by atoms with Gasteiger partial charge in [0.2, 0.25) is 5.91 Å². The molecule has 1 saturated carbocycles. The number of amides is 1. The molecular formula is C26H30N2O3S. The summed E-state index contributed by atoms with van der Waals surface area (Å²) in [7, 11) is 1.65. The van der Waals surface area contributed by atoms with Crippen molar-refractivity contribution in [2.75, 3.05) is 7.11 Å². The molecule has 1 aromatic heterocycles. The molecule has 1 aliphatic rings. The van der Waals surface area contributed by atoms with Crippen LogP contribution in [0.3, 0.4) is 0 Å². The van der Waals surface area contributed by atoms with Crippen molar-refractivity contribution in [3.8, 4) is 11.5 Å². The van der Waals surface area contributed by atoms with E-state index in [-0.39, 0.29) is 24.5 Å². The van der Waals surface area contributed by atoms with Gasteiger partial charge in [-0.1, -0.05) is 36.4 Å². The first-order chi connectivity index (χ1) is 15.6. The van der Waals surface area contributed by atoms with Crippen LogP contribution in [0.2, 0.25) is 0 Å². The molecule has 6 heteroatoms. The van der Waals surface area contributed by atoms with Gasteiger partial charge < -0.3 is 14.8 Å². The zero-order chi connectivity index (χ0) is 22.3. The summed E-state index contributed by atoms with van der Waals surface area (Å²) < 4.78 is 11.7. The maximum Gasteiger partial charge on any atom is 0.226 e. The van der Waals surface area contributed by atoms with Crippen LogP contribution < -0.4 is 14.8 Å². The summed E-state index contributed by atoms with van der Waals surface area (Å²) in [6.07, 6.45) is 5.98. The maximum atomic E-state index is 12.6. The summed E-state index contributed by atoms with van der Waals surface area (Å²) in [4.78, 5) is 17.2. The molecule has 1 N–H and O–H groups in total. The lowest BCUT2D eigenvalue weighted by Gasteiger charge is -2.19. The lowest BCUT2D eigenvalue weighted by atomic mass is 10.1. The molecule has 5 nitrogen and oxygen atoms in total. The van der Waals surface area contributed by atoms with E-state index in [9.17, 15) is 4.79 Å². The Hall–Kier alpha value is -2.86. The molecule has 2 aromatic carbocycles. The van der Waals surface area contributed by atoms with Gasteiger partial charge in [-0.25, -0.2) is 4.98 Å². The van der Waals surface area contributed by atoms with Crippen molar-refractivity contribution in [2.45, 2.75) is 57.6 Å². The van der Waals surface area contributed by atoms with Crippen molar-refractivity contribution in [1.82, 2.24) is 10.3 Å². The Bertz CT molecular complexity index is 1030.